The lowest BCUT2D eigenvalue weighted by Crippen LogP contribution is -2.17. The van der Waals surface area contributed by atoms with Gasteiger partial charge < -0.3 is 5.73 Å². The second-order valence-electron chi connectivity index (χ2n) is 2.66. The Balaban J connectivity index is 2.88. The van der Waals surface area contributed by atoms with Gasteiger partial charge in [-0.05, 0) is 12.8 Å². The van der Waals surface area contributed by atoms with Crippen LogP contribution >= 0.6 is 0 Å². The third-order valence-electron chi connectivity index (χ3n) is 1.70. The van der Waals surface area contributed by atoms with Gasteiger partial charge in [0, 0.05) is 6.04 Å². The van der Waals surface area contributed by atoms with Crippen molar-refractivity contribution in [1.82, 2.24) is 0 Å². The molecule has 0 spiro atoms. The van der Waals surface area contributed by atoms with E-state index in [1.807, 2.05) is 0 Å². The SMILES string of the molecule is CCCCCC(N)CC. The normalized spacial score (nSPS) is 13.7. The Kier molecular flexibility index (Phi) is 6.06. The Hall–Kier alpha value is -0.0400. The second-order valence-corrected chi connectivity index (χ2v) is 2.66. The van der Waals surface area contributed by atoms with E-state index in [1.54, 1.807) is 0 Å². The van der Waals surface area contributed by atoms with Crippen molar-refractivity contribution in [1.29, 1.82) is 0 Å². The Labute approximate surface area is 58.6 Å². The first-order chi connectivity index (χ1) is 4.31. The van der Waals surface area contributed by atoms with Crippen LogP contribution in [0.3, 0.4) is 0 Å². The third-order valence-corrected chi connectivity index (χ3v) is 1.70. The third kappa shape index (κ3) is 5.84. The van der Waals surface area contributed by atoms with Crippen LogP contribution in [0.15, 0.2) is 0 Å². The van der Waals surface area contributed by atoms with Gasteiger partial charge in [0.15, 0.2) is 0 Å². The minimum absolute atomic E-state index is 0.455. The van der Waals surface area contributed by atoms with E-state index < -0.39 is 0 Å². The minimum Gasteiger partial charge on any atom is -0.328 e. The number of rotatable bonds is 5. The summed E-state index contributed by atoms with van der Waals surface area (Å²) in [7, 11) is 0. The molecule has 0 bridgehead atoms. The molecule has 56 valence electrons. The zero-order valence-electron chi connectivity index (χ0n) is 6.69. The highest BCUT2D eigenvalue weighted by molar-refractivity contribution is 4.56. The molecule has 0 aliphatic carbocycles. The smallest absolute Gasteiger partial charge is 0.00362 e. The first kappa shape index (κ1) is 8.96. The lowest BCUT2D eigenvalue weighted by molar-refractivity contribution is 0.547. The van der Waals surface area contributed by atoms with Crippen molar-refractivity contribution in [3.8, 4) is 0 Å². The predicted molar refractivity (Wildman–Crippen MR) is 42.4 cm³/mol. The van der Waals surface area contributed by atoms with Crippen molar-refractivity contribution < 1.29 is 0 Å². The lowest BCUT2D eigenvalue weighted by atomic mass is 10.1. The molecule has 0 heterocycles. The summed E-state index contributed by atoms with van der Waals surface area (Å²) in [5, 5.41) is 0. The van der Waals surface area contributed by atoms with Crippen molar-refractivity contribution in [2.75, 3.05) is 0 Å². The summed E-state index contributed by atoms with van der Waals surface area (Å²) in [6.45, 7) is 4.37. The molecule has 0 aromatic heterocycles. The number of nitrogens with two attached hydrogens (primary N) is 1. The van der Waals surface area contributed by atoms with E-state index in [2.05, 4.69) is 13.8 Å². The maximum absolute atomic E-state index is 5.71. The second kappa shape index (κ2) is 6.09. The fourth-order valence-corrected chi connectivity index (χ4v) is 0.861. The van der Waals surface area contributed by atoms with Crippen molar-refractivity contribution in [2.24, 2.45) is 5.73 Å². The molecule has 2 N–H and O–H groups in total. The summed E-state index contributed by atoms with van der Waals surface area (Å²) in [4.78, 5) is 0. The molecule has 0 saturated heterocycles. The lowest BCUT2D eigenvalue weighted by Gasteiger charge is -2.05. The molecule has 9 heavy (non-hydrogen) atoms. The predicted octanol–water partition coefficient (Wildman–Crippen LogP) is 2.30. The molecule has 0 radical (unpaired) electrons. The first-order valence-corrected chi connectivity index (χ1v) is 4.06. The topological polar surface area (TPSA) is 26.0 Å². The van der Waals surface area contributed by atoms with Gasteiger partial charge in [0.2, 0.25) is 0 Å². The largest absolute Gasteiger partial charge is 0.328 e. The van der Waals surface area contributed by atoms with Crippen LogP contribution in [0.2, 0.25) is 0 Å². The fourth-order valence-electron chi connectivity index (χ4n) is 0.861. The fraction of sp³-hybridized carbons (Fsp3) is 1.00. The highest BCUT2D eigenvalue weighted by Gasteiger charge is 1.95. The maximum Gasteiger partial charge on any atom is 0.00362 e. The first-order valence-electron chi connectivity index (χ1n) is 4.06. The standard InChI is InChI=1S/C8H19N/c1-3-5-6-7-8(9)4-2/h8H,3-7,9H2,1-2H3. The van der Waals surface area contributed by atoms with E-state index in [-0.39, 0.29) is 0 Å². The molecule has 0 rings (SSSR count). The summed E-state index contributed by atoms with van der Waals surface area (Å²) in [6, 6.07) is 0.455. The van der Waals surface area contributed by atoms with Crippen LogP contribution in [0, 0.1) is 0 Å². The molecule has 1 nitrogen and oxygen atoms in total. The van der Waals surface area contributed by atoms with E-state index in [4.69, 9.17) is 5.73 Å². The van der Waals surface area contributed by atoms with E-state index in [0.717, 1.165) is 6.42 Å². The van der Waals surface area contributed by atoms with E-state index >= 15 is 0 Å². The summed E-state index contributed by atoms with van der Waals surface area (Å²) in [5.41, 5.74) is 5.71. The van der Waals surface area contributed by atoms with Crippen molar-refractivity contribution >= 4 is 0 Å². The zero-order valence-corrected chi connectivity index (χ0v) is 6.69. The minimum atomic E-state index is 0.455. The zero-order chi connectivity index (χ0) is 7.11. The van der Waals surface area contributed by atoms with Gasteiger partial charge in [-0.15, -0.1) is 0 Å². The van der Waals surface area contributed by atoms with Gasteiger partial charge in [-0.3, -0.25) is 0 Å². The Morgan fingerprint density at radius 3 is 2.33 bits per heavy atom. The molecule has 1 atom stereocenters. The molecule has 1 heteroatoms. The Bertz CT molecular complexity index is 52.5. The number of hydrogen-bond acceptors (Lipinski definition) is 1. The Morgan fingerprint density at radius 2 is 1.89 bits per heavy atom. The summed E-state index contributed by atoms with van der Waals surface area (Å²) >= 11 is 0. The molecule has 0 saturated carbocycles. The van der Waals surface area contributed by atoms with E-state index in [9.17, 15) is 0 Å². The summed E-state index contributed by atoms with van der Waals surface area (Å²) in [6.07, 6.45) is 6.30. The molecular formula is C8H19N. The van der Waals surface area contributed by atoms with Gasteiger partial charge in [-0.25, -0.2) is 0 Å². The van der Waals surface area contributed by atoms with Crippen molar-refractivity contribution in [2.45, 2.75) is 52.0 Å². The van der Waals surface area contributed by atoms with Crippen LogP contribution in [0.5, 0.6) is 0 Å². The molecule has 0 fully saturated rings. The quantitative estimate of drug-likeness (QED) is 0.566. The van der Waals surface area contributed by atoms with Crippen LogP contribution in [-0.2, 0) is 0 Å². The van der Waals surface area contributed by atoms with Gasteiger partial charge in [-0.2, -0.15) is 0 Å². The van der Waals surface area contributed by atoms with E-state index in [1.165, 1.54) is 25.7 Å². The number of unbranched alkanes of at least 4 members (excludes halogenated alkanes) is 2. The van der Waals surface area contributed by atoms with Crippen LogP contribution in [0.1, 0.15) is 46.0 Å². The Morgan fingerprint density at radius 1 is 1.22 bits per heavy atom. The molecule has 0 aliphatic rings. The van der Waals surface area contributed by atoms with Crippen LogP contribution in [0.4, 0.5) is 0 Å². The molecule has 0 aromatic carbocycles. The van der Waals surface area contributed by atoms with Gasteiger partial charge >= 0.3 is 0 Å². The molecule has 0 amide bonds. The summed E-state index contributed by atoms with van der Waals surface area (Å²) < 4.78 is 0. The van der Waals surface area contributed by atoms with Crippen LogP contribution in [0.25, 0.3) is 0 Å². The molecule has 0 aromatic rings. The highest BCUT2D eigenvalue weighted by atomic mass is 14.6. The highest BCUT2D eigenvalue weighted by Crippen LogP contribution is 2.02. The average Bonchev–Trinajstić information content (AvgIpc) is 1.89. The van der Waals surface area contributed by atoms with Crippen LogP contribution in [-0.4, -0.2) is 6.04 Å². The van der Waals surface area contributed by atoms with Crippen LogP contribution < -0.4 is 5.73 Å². The van der Waals surface area contributed by atoms with Gasteiger partial charge in [0.25, 0.3) is 0 Å². The molecular weight excluding hydrogens is 110 g/mol. The molecule has 0 aliphatic heterocycles. The maximum atomic E-state index is 5.71. The average molecular weight is 129 g/mol. The molecule has 1 unspecified atom stereocenters. The monoisotopic (exact) mass is 129 g/mol. The van der Waals surface area contributed by atoms with Gasteiger partial charge in [0.1, 0.15) is 0 Å². The van der Waals surface area contributed by atoms with Gasteiger partial charge in [0.05, 0.1) is 0 Å². The van der Waals surface area contributed by atoms with Crippen molar-refractivity contribution in [3.63, 3.8) is 0 Å². The number of hydrogen-bond donors (Lipinski definition) is 1. The van der Waals surface area contributed by atoms with Gasteiger partial charge in [-0.1, -0.05) is 33.1 Å². The van der Waals surface area contributed by atoms with Crippen molar-refractivity contribution in [3.05, 3.63) is 0 Å². The summed E-state index contributed by atoms with van der Waals surface area (Å²) in [5.74, 6) is 0. The van der Waals surface area contributed by atoms with E-state index in [0.29, 0.717) is 6.04 Å².